The van der Waals surface area contributed by atoms with Crippen LogP contribution >= 0.6 is 0 Å². The van der Waals surface area contributed by atoms with Gasteiger partial charge >= 0.3 is 35.6 Å². The van der Waals surface area contributed by atoms with Crippen molar-refractivity contribution >= 4 is 40.9 Å². The highest BCUT2D eigenvalue weighted by Crippen LogP contribution is 2.18. The van der Waals surface area contributed by atoms with Crippen LogP contribution < -0.4 is 21.5 Å². The molecule has 17 heteroatoms. The van der Waals surface area contributed by atoms with Crippen molar-refractivity contribution < 1.29 is 44.3 Å². The van der Waals surface area contributed by atoms with E-state index >= 15 is 0 Å². The molecule has 0 saturated carbocycles. The Bertz CT molecular complexity index is 1280. The number of likely N-dealkylation sites (tertiary alicyclic amines) is 1. The summed E-state index contributed by atoms with van der Waals surface area (Å²) in [7, 11) is 0. The van der Waals surface area contributed by atoms with Crippen LogP contribution in [0.3, 0.4) is 0 Å². The third kappa shape index (κ3) is 17.2. The van der Waals surface area contributed by atoms with Gasteiger partial charge in [-0.1, -0.05) is 19.8 Å². The Hall–Kier alpha value is -4.77. The predicted molar refractivity (Wildman–Crippen MR) is 164 cm³/mol. The van der Waals surface area contributed by atoms with Crippen molar-refractivity contribution in [2.75, 3.05) is 45.1 Å². The summed E-state index contributed by atoms with van der Waals surface area (Å²) < 4.78 is 7.19. The van der Waals surface area contributed by atoms with Gasteiger partial charge in [-0.2, -0.15) is 9.97 Å². The lowest BCUT2D eigenvalue weighted by atomic mass is 10.1. The number of carbonyl (C=O) groups is 4. The number of imidazole rings is 1. The number of aliphatic carboxylic acids is 4. The average Bonchev–Trinajstić information content (AvgIpc) is 3.31. The van der Waals surface area contributed by atoms with Gasteiger partial charge < -0.3 is 46.1 Å². The summed E-state index contributed by atoms with van der Waals surface area (Å²) >= 11 is 0. The number of H-pyrrole nitrogens is 1. The number of aromatic nitrogens is 4. The largest absolute Gasteiger partial charge is 0.478 e. The zero-order valence-corrected chi connectivity index (χ0v) is 25.3. The molecule has 0 spiro atoms. The molecule has 0 amide bonds. The lowest BCUT2D eigenvalue weighted by Gasteiger charge is -2.26. The molecule has 0 atom stereocenters. The fourth-order valence-electron chi connectivity index (χ4n) is 3.99. The first-order valence-corrected chi connectivity index (χ1v) is 14.5. The van der Waals surface area contributed by atoms with Gasteiger partial charge in [0.25, 0.3) is 0 Å². The molecule has 1 aliphatic rings. The van der Waals surface area contributed by atoms with Crippen LogP contribution in [-0.4, -0.2) is 108 Å². The molecule has 250 valence electrons. The molecule has 17 nitrogen and oxygen atoms in total. The van der Waals surface area contributed by atoms with Crippen LogP contribution in [-0.2, 0) is 25.7 Å². The molecule has 1 saturated heterocycles. The summed E-state index contributed by atoms with van der Waals surface area (Å²) in [5.41, 5.74) is 6.76. The number of nitrogen functional groups attached to an aromatic ring is 1. The van der Waals surface area contributed by atoms with Gasteiger partial charge in [0.1, 0.15) is 5.52 Å². The van der Waals surface area contributed by atoms with Crippen LogP contribution in [0.5, 0.6) is 6.01 Å². The highest BCUT2D eigenvalue weighted by molar-refractivity contribution is 5.90. The molecule has 0 unspecified atom stereocenters. The predicted octanol–water partition coefficient (Wildman–Crippen LogP) is 1.16. The number of nitrogens with two attached hydrogens (primary N) is 1. The maximum absolute atomic E-state index is 12.3. The Balaban J connectivity index is 0.000000521. The van der Waals surface area contributed by atoms with Crippen molar-refractivity contribution in [3.05, 3.63) is 34.8 Å². The van der Waals surface area contributed by atoms with Crippen molar-refractivity contribution in [1.82, 2.24) is 29.7 Å². The second-order valence-electron chi connectivity index (χ2n) is 9.75. The summed E-state index contributed by atoms with van der Waals surface area (Å²) in [6, 6.07) is 0.229. The number of rotatable bonds is 16. The molecular formula is C28H43N7O10. The van der Waals surface area contributed by atoms with E-state index in [1.165, 1.54) is 38.9 Å². The molecule has 0 radical (unpaired) electrons. The smallest absolute Gasteiger partial charge is 0.328 e. The minimum atomic E-state index is -1.26. The van der Waals surface area contributed by atoms with Crippen molar-refractivity contribution in [2.24, 2.45) is 0 Å². The number of nitrogens with one attached hydrogen (secondary N) is 2. The maximum atomic E-state index is 12.3. The molecule has 45 heavy (non-hydrogen) atoms. The minimum absolute atomic E-state index is 0.211. The van der Waals surface area contributed by atoms with E-state index in [4.69, 9.17) is 30.9 Å². The fourth-order valence-corrected chi connectivity index (χ4v) is 3.99. The molecule has 0 aliphatic carbocycles. The number of nitrogens with zero attached hydrogens (tertiary/aromatic N) is 4. The van der Waals surface area contributed by atoms with Crippen molar-refractivity contribution in [2.45, 2.75) is 58.4 Å². The highest BCUT2D eigenvalue weighted by atomic mass is 16.5. The van der Waals surface area contributed by atoms with Gasteiger partial charge in [0.15, 0.2) is 11.5 Å². The Morgan fingerprint density at radius 1 is 0.867 bits per heavy atom. The van der Waals surface area contributed by atoms with Crippen molar-refractivity contribution in [1.29, 1.82) is 0 Å². The van der Waals surface area contributed by atoms with E-state index in [2.05, 4.69) is 32.1 Å². The van der Waals surface area contributed by atoms with Crippen LogP contribution in [0.15, 0.2) is 29.1 Å². The third-order valence-electron chi connectivity index (χ3n) is 6.11. The van der Waals surface area contributed by atoms with Gasteiger partial charge in [-0.25, -0.2) is 24.0 Å². The Morgan fingerprint density at radius 2 is 1.40 bits per heavy atom. The number of carboxylic acids is 4. The summed E-state index contributed by atoms with van der Waals surface area (Å²) in [5, 5.41) is 34.7. The highest BCUT2D eigenvalue weighted by Gasteiger charge is 2.14. The van der Waals surface area contributed by atoms with Crippen LogP contribution in [0.25, 0.3) is 11.2 Å². The first-order chi connectivity index (χ1) is 21.4. The average molecular weight is 638 g/mol. The van der Waals surface area contributed by atoms with Crippen LogP contribution in [0.4, 0.5) is 5.82 Å². The Kier molecular flexibility index (Phi) is 18.6. The molecule has 1 fully saturated rings. The van der Waals surface area contributed by atoms with E-state index in [1.807, 2.05) is 0 Å². The van der Waals surface area contributed by atoms with Crippen LogP contribution in [0, 0.1) is 0 Å². The number of anilines is 1. The fraction of sp³-hybridized carbons (Fsp3) is 0.536. The molecule has 8 N–H and O–H groups in total. The van der Waals surface area contributed by atoms with Gasteiger partial charge in [0.2, 0.25) is 0 Å². The molecule has 3 heterocycles. The number of hydrogen-bond acceptors (Lipinski definition) is 11. The molecule has 2 aromatic heterocycles. The second kappa shape index (κ2) is 21.8. The van der Waals surface area contributed by atoms with E-state index in [9.17, 15) is 24.0 Å². The monoisotopic (exact) mass is 637 g/mol. The zero-order valence-electron chi connectivity index (χ0n) is 25.3. The van der Waals surface area contributed by atoms with Crippen LogP contribution in [0.2, 0.25) is 0 Å². The molecule has 2 aromatic rings. The molecule has 0 aromatic carbocycles. The molecule has 3 rings (SSSR count). The topological polar surface area (TPSA) is 263 Å². The second-order valence-corrected chi connectivity index (χ2v) is 9.75. The summed E-state index contributed by atoms with van der Waals surface area (Å²) in [6.45, 7) is 8.74. The van der Waals surface area contributed by atoms with Crippen LogP contribution in [0.1, 0.15) is 51.9 Å². The van der Waals surface area contributed by atoms with E-state index < -0.39 is 23.9 Å². The van der Waals surface area contributed by atoms with Gasteiger partial charge in [-0.05, 0) is 64.8 Å². The zero-order chi connectivity index (χ0) is 33.6. The van der Waals surface area contributed by atoms with E-state index in [-0.39, 0.29) is 17.5 Å². The van der Waals surface area contributed by atoms with Gasteiger partial charge in [-0.3, -0.25) is 4.57 Å². The van der Waals surface area contributed by atoms with Crippen molar-refractivity contribution in [3.8, 4) is 6.01 Å². The van der Waals surface area contributed by atoms with Gasteiger partial charge in [0, 0.05) is 30.8 Å². The third-order valence-corrected chi connectivity index (χ3v) is 6.11. The normalized spacial score (nSPS) is 13.2. The molecule has 0 bridgehead atoms. The van der Waals surface area contributed by atoms with Crippen molar-refractivity contribution in [3.63, 3.8) is 0 Å². The summed E-state index contributed by atoms with van der Waals surface area (Å²) in [6.07, 6.45) is 10.2. The standard InChI is InChI=1S/C20H35N7O2.2C4H4O4/c1-2-3-15-29-19-24-17(21)16-18(25-19)27(20(28)23-16)14-8-10-22-9-7-13-26-11-5-4-6-12-26;2*5-3(6)1-2-4(7)8/h22H,2-15H2,1H3,(H,23,28)(H2,21,24,25);2*1-2H,(H,5,6)(H,7,8)/b;2*2-1-. The first-order valence-electron chi connectivity index (χ1n) is 14.5. The number of fused-ring (bicyclic) bond motifs is 1. The maximum Gasteiger partial charge on any atom is 0.328 e. The van der Waals surface area contributed by atoms with E-state index in [1.54, 1.807) is 4.57 Å². The SMILES string of the molecule is CCCCOc1nc(N)c2[nH]c(=O)n(CCCNCCCN3CCCCC3)c2n1.O=C(O)/C=C\C(=O)O.O=C(O)/C=C\C(=O)O. The summed E-state index contributed by atoms with van der Waals surface area (Å²) in [4.78, 5) is 64.4. The van der Waals surface area contributed by atoms with Gasteiger partial charge in [-0.15, -0.1) is 0 Å². The van der Waals surface area contributed by atoms with Gasteiger partial charge in [0.05, 0.1) is 6.61 Å². The number of piperidine rings is 1. The quantitative estimate of drug-likeness (QED) is 0.101. The van der Waals surface area contributed by atoms with E-state index in [0.717, 1.165) is 38.8 Å². The number of carboxylic acid groups (broad SMARTS) is 4. The first kappa shape index (κ1) is 38.3. The Morgan fingerprint density at radius 3 is 1.91 bits per heavy atom. The number of aryl methyl sites for hydroxylation is 1. The minimum Gasteiger partial charge on any atom is -0.478 e. The number of unbranched alkanes of at least 4 members (excludes halogenated alkanes) is 1. The lowest BCUT2D eigenvalue weighted by molar-refractivity contribution is -0.134. The number of hydrogen-bond donors (Lipinski definition) is 7. The Labute approximate surface area is 259 Å². The number of aromatic amines is 1. The molecular weight excluding hydrogens is 594 g/mol. The molecule has 1 aliphatic heterocycles. The van der Waals surface area contributed by atoms with E-state index in [0.29, 0.717) is 48.6 Å². The number of ether oxygens (including phenoxy) is 1. The lowest BCUT2D eigenvalue weighted by Crippen LogP contribution is -2.32. The summed E-state index contributed by atoms with van der Waals surface area (Å²) in [5.74, 6) is -4.78.